The van der Waals surface area contributed by atoms with Gasteiger partial charge >= 0.3 is 5.97 Å². The highest BCUT2D eigenvalue weighted by Gasteiger charge is 2.45. The lowest BCUT2D eigenvalue weighted by atomic mass is 9.90. The van der Waals surface area contributed by atoms with Crippen LogP contribution < -0.4 is 10.1 Å². The molecule has 1 N–H and O–H groups in total. The summed E-state index contributed by atoms with van der Waals surface area (Å²) in [5.74, 6) is -0.0631. The second-order valence-electron chi connectivity index (χ2n) is 6.56. The summed E-state index contributed by atoms with van der Waals surface area (Å²) in [4.78, 5) is 23.7. The van der Waals surface area contributed by atoms with Crippen LogP contribution in [0.25, 0.3) is 10.9 Å². The Hall–Kier alpha value is -2.50. The van der Waals surface area contributed by atoms with Gasteiger partial charge in [0.1, 0.15) is 11.4 Å². The molecule has 1 aliphatic heterocycles. The zero-order valence-electron chi connectivity index (χ0n) is 14.2. The first-order valence-electron chi connectivity index (χ1n) is 8.03. The van der Waals surface area contributed by atoms with Gasteiger partial charge in [-0.3, -0.25) is 9.59 Å². The van der Waals surface area contributed by atoms with Crippen molar-refractivity contribution < 1.29 is 19.1 Å². The number of carbonyl (C=O) groups excluding carboxylic acids is 2. The lowest BCUT2D eigenvalue weighted by Gasteiger charge is -2.23. The molecule has 24 heavy (non-hydrogen) atoms. The average molecular weight is 330 g/mol. The molecule has 1 aliphatic rings. The van der Waals surface area contributed by atoms with Crippen LogP contribution in [0.5, 0.6) is 5.75 Å². The molecule has 1 fully saturated rings. The van der Waals surface area contributed by atoms with Crippen molar-refractivity contribution in [3.63, 3.8) is 0 Å². The number of ether oxygens (including phenoxy) is 2. The number of carbonyl (C=O) groups is 2. The van der Waals surface area contributed by atoms with Crippen LogP contribution in [-0.4, -0.2) is 35.7 Å². The van der Waals surface area contributed by atoms with E-state index in [2.05, 4.69) is 9.88 Å². The Morgan fingerprint density at radius 3 is 2.88 bits per heavy atom. The molecule has 128 valence electrons. The molecule has 1 aromatic carbocycles. The molecule has 2 aromatic rings. The number of cyclic esters (lactones) is 1. The Bertz CT molecular complexity index is 778. The van der Waals surface area contributed by atoms with Gasteiger partial charge in [0.05, 0.1) is 19.4 Å². The summed E-state index contributed by atoms with van der Waals surface area (Å²) in [6, 6.07) is 7.92. The number of hydrogen-bond acceptors (Lipinski definition) is 4. The van der Waals surface area contributed by atoms with Crippen LogP contribution in [0.3, 0.4) is 0 Å². The minimum Gasteiger partial charge on any atom is -0.497 e. The fourth-order valence-corrected chi connectivity index (χ4v) is 3.15. The number of hydrogen-bond donors (Lipinski definition) is 1. The molecule has 0 unspecified atom stereocenters. The third-order valence-corrected chi connectivity index (χ3v) is 4.53. The molecule has 1 amide bonds. The molecule has 0 saturated carbocycles. The van der Waals surface area contributed by atoms with Gasteiger partial charge in [-0.05, 0) is 38.1 Å². The predicted octanol–water partition coefficient (Wildman–Crippen LogP) is 2.11. The third kappa shape index (κ3) is 3.09. The highest BCUT2D eigenvalue weighted by Crippen LogP contribution is 2.32. The normalized spacial score (nSPS) is 19.3. The lowest BCUT2D eigenvalue weighted by molar-refractivity contribution is -0.147. The van der Waals surface area contributed by atoms with E-state index in [1.807, 2.05) is 30.5 Å². The number of aromatic nitrogens is 1. The number of nitrogens with zero attached hydrogens (tertiary/aromatic N) is 1. The SMILES string of the molecule is COc1ccc2c(ccn2CCNC(=O)[C@H]2CC(=O)OC2(C)C)c1. The van der Waals surface area contributed by atoms with Gasteiger partial charge in [-0.1, -0.05) is 0 Å². The Morgan fingerprint density at radius 1 is 1.42 bits per heavy atom. The van der Waals surface area contributed by atoms with Crippen LogP contribution in [0.2, 0.25) is 0 Å². The summed E-state index contributed by atoms with van der Waals surface area (Å²) in [5, 5.41) is 4.00. The number of fused-ring (bicyclic) bond motifs is 1. The maximum atomic E-state index is 12.3. The average Bonchev–Trinajstić information content (AvgIpc) is 3.06. The first kappa shape index (κ1) is 16.4. The fraction of sp³-hybridized carbons (Fsp3) is 0.444. The lowest BCUT2D eigenvalue weighted by Crippen LogP contribution is -2.41. The van der Waals surface area contributed by atoms with E-state index in [-0.39, 0.29) is 18.3 Å². The van der Waals surface area contributed by atoms with Gasteiger partial charge in [-0.2, -0.15) is 0 Å². The van der Waals surface area contributed by atoms with Crippen LogP contribution in [0, 0.1) is 5.92 Å². The van der Waals surface area contributed by atoms with Crippen molar-refractivity contribution in [3.8, 4) is 5.75 Å². The van der Waals surface area contributed by atoms with E-state index in [9.17, 15) is 9.59 Å². The highest BCUT2D eigenvalue weighted by atomic mass is 16.6. The number of esters is 1. The van der Waals surface area contributed by atoms with Crippen LogP contribution in [0.4, 0.5) is 0 Å². The topological polar surface area (TPSA) is 69.6 Å². The molecule has 1 atom stereocenters. The zero-order valence-corrected chi connectivity index (χ0v) is 14.2. The van der Waals surface area contributed by atoms with Crippen molar-refractivity contribution in [1.29, 1.82) is 0 Å². The van der Waals surface area contributed by atoms with Crippen LogP contribution in [0.1, 0.15) is 20.3 Å². The van der Waals surface area contributed by atoms with E-state index >= 15 is 0 Å². The fourth-order valence-electron chi connectivity index (χ4n) is 3.15. The molecular weight excluding hydrogens is 308 g/mol. The first-order valence-corrected chi connectivity index (χ1v) is 8.03. The van der Waals surface area contributed by atoms with E-state index < -0.39 is 11.5 Å². The van der Waals surface area contributed by atoms with Crippen molar-refractivity contribution in [3.05, 3.63) is 30.5 Å². The Morgan fingerprint density at radius 2 is 2.21 bits per heavy atom. The molecule has 2 heterocycles. The summed E-state index contributed by atoms with van der Waals surface area (Å²) in [6.45, 7) is 4.70. The summed E-state index contributed by atoms with van der Waals surface area (Å²) >= 11 is 0. The Balaban J connectivity index is 1.61. The summed E-state index contributed by atoms with van der Waals surface area (Å²) in [7, 11) is 1.65. The quantitative estimate of drug-likeness (QED) is 0.853. The van der Waals surface area contributed by atoms with Crippen molar-refractivity contribution in [2.75, 3.05) is 13.7 Å². The van der Waals surface area contributed by atoms with Crippen LogP contribution in [-0.2, 0) is 20.9 Å². The number of benzene rings is 1. The van der Waals surface area contributed by atoms with Crippen LogP contribution >= 0.6 is 0 Å². The summed E-state index contributed by atoms with van der Waals surface area (Å²) < 4.78 is 12.5. The second kappa shape index (κ2) is 6.19. The van der Waals surface area contributed by atoms with E-state index in [4.69, 9.17) is 9.47 Å². The summed E-state index contributed by atoms with van der Waals surface area (Å²) in [5.41, 5.74) is 0.350. The second-order valence-corrected chi connectivity index (χ2v) is 6.56. The number of nitrogens with one attached hydrogen (secondary N) is 1. The molecule has 0 aliphatic carbocycles. The molecule has 1 aromatic heterocycles. The number of rotatable bonds is 5. The molecule has 6 heteroatoms. The van der Waals surface area contributed by atoms with E-state index in [1.54, 1.807) is 21.0 Å². The highest BCUT2D eigenvalue weighted by molar-refractivity contribution is 5.87. The standard InChI is InChI=1S/C18H22N2O4/c1-18(2)14(11-16(21)24-18)17(22)19-7-9-20-8-6-12-10-13(23-3)4-5-15(12)20/h4-6,8,10,14H,7,9,11H2,1-3H3,(H,19,22)/t14-/m1/s1. The molecule has 0 radical (unpaired) electrons. The largest absolute Gasteiger partial charge is 0.497 e. The molecule has 0 bridgehead atoms. The molecule has 3 rings (SSSR count). The third-order valence-electron chi connectivity index (χ3n) is 4.53. The van der Waals surface area contributed by atoms with Gasteiger partial charge in [0.2, 0.25) is 5.91 Å². The van der Waals surface area contributed by atoms with Gasteiger partial charge in [0, 0.05) is 30.2 Å². The molecule has 6 nitrogen and oxygen atoms in total. The van der Waals surface area contributed by atoms with E-state index in [0.717, 1.165) is 16.7 Å². The summed E-state index contributed by atoms with van der Waals surface area (Å²) in [6.07, 6.45) is 2.13. The predicted molar refractivity (Wildman–Crippen MR) is 89.8 cm³/mol. The van der Waals surface area contributed by atoms with Crippen molar-refractivity contribution in [1.82, 2.24) is 9.88 Å². The minimum atomic E-state index is -0.738. The van der Waals surface area contributed by atoms with E-state index in [0.29, 0.717) is 13.1 Å². The van der Waals surface area contributed by atoms with Crippen molar-refractivity contribution in [2.45, 2.75) is 32.4 Å². The monoisotopic (exact) mass is 330 g/mol. The van der Waals surface area contributed by atoms with Gasteiger partial charge < -0.3 is 19.4 Å². The van der Waals surface area contributed by atoms with Crippen LogP contribution in [0.15, 0.2) is 30.5 Å². The zero-order chi connectivity index (χ0) is 17.3. The number of amides is 1. The van der Waals surface area contributed by atoms with Crippen molar-refractivity contribution >= 4 is 22.8 Å². The van der Waals surface area contributed by atoms with Gasteiger partial charge in [0.15, 0.2) is 0 Å². The van der Waals surface area contributed by atoms with Gasteiger partial charge in [0.25, 0.3) is 0 Å². The molecular formula is C18H22N2O4. The minimum absolute atomic E-state index is 0.135. The van der Waals surface area contributed by atoms with Gasteiger partial charge in [-0.25, -0.2) is 0 Å². The smallest absolute Gasteiger partial charge is 0.307 e. The Kier molecular flexibility index (Phi) is 4.22. The van der Waals surface area contributed by atoms with E-state index in [1.165, 1.54) is 0 Å². The Labute approximate surface area is 140 Å². The molecule has 0 spiro atoms. The van der Waals surface area contributed by atoms with Crippen molar-refractivity contribution in [2.24, 2.45) is 5.92 Å². The maximum absolute atomic E-state index is 12.3. The maximum Gasteiger partial charge on any atom is 0.307 e. The molecule has 1 saturated heterocycles. The first-order chi connectivity index (χ1) is 11.4. The van der Waals surface area contributed by atoms with Gasteiger partial charge in [-0.15, -0.1) is 0 Å². The number of methoxy groups -OCH3 is 1.